The lowest BCUT2D eigenvalue weighted by Gasteiger charge is -2.15. The van der Waals surface area contributed by atoms with Gasteiger partial charge in [0, 0.05) is 62.4 Å². The smallest absolute Gasteiger partial charge is 0.327 e. The molecular weight excluding hydrogens is 556 g/mol. The van der Waals surface area contributed by atoms with Gasteiger partial charge >= 0.3 is 11.9 Å². The minimum Gasteiger partial charge on any atom is -0.478 e. The fourth-order valence-electron chi connectivity index (χ4n) is 6.60. The predicted octanol–water partition coefficient (Wildman–Crippen LogP) is 6.67. The molecule has 2 aliphatic heterocycles. The summed E-state index contributed by atoms with van der Waals surface area (Å²) >= 11 is 0. The van der Waals surface area contributed by atoms with Crippen molar-refractivity contribution in [3.63, 3.8) is 0 Å². The second-order valence-corrected chi connectivity index (χ2v) is 11.3. The molecule has 3 aliphatic rings. The number of carbonyl (C=O) groups is 3. The van der Waals surface area contributed by atoms with Gasteiger partial charge in [0.05, 0.1) is 29.7 Å². The van der Waals surface area contributed by atoms with Crippen LogP contribution in [0.4, 0.5) is 0 Å². The summed E-state index contributed by atoms with van der Waals surface area (Å²) in [4.78, 5) is 55.6. The van der Waals surface area contributed by atoms with Crippen LogP contribution in [0.2, 0.25) is 0 Å². The number of nitrogens with one attached hydrogen (secondary N) is 2. The lowest BCUT2D eigenvalue weighted by atomic mass is 9.86. The van der Waals surface area contributed by atoms with E-state index in [1.165, 1.54) is 7.11 Å². The molecule has 3 aromatic heterocycles. The fraction of sp³-hybridized carbons (Fsp3) is 0.229. The first kappa shape index (κ1) is 28.8. The summed E-state index contributed by atoms with van der Waals surface area (Å²) in [5.74, 6) is -4.25. The molecule has 222 valence electrons. The van der Waals surface area contributed by atoms with E-state index < -0.39 is 29.6 Å². The van der Waals surface area contributed by atoms with Crippen molar-refractivity contribution in [3.8, 4) is 0 Å². The van der Waals surface area contributed by atoms with E-state index in [4.69, 9.17) is 14.7 Å². The molecule has 44 heavy (non-hydrogen) atoms. The Bertz CT molecular complexity index is 2070. The highest BCUT2D eigenvalue weighted by molar-refractivity contribution is 6.23. The van der Waals surface area contributed by atoms with Crippen molar-refractivity contribution >= 4 is 57.0 Å². The van der Waals surface area contributed by atoms with E-state index in [1.807, 2.05) is 45.9 Å². The number of H-pyrrole nitrogens is 2. The zero-order valence-electron chi connectivity index (χ0n) is 25.2. The lowest BCUT2D eigenvalue weighted by Crippen LogP contribution is -2.21. The van der Waals surface area contributed by atoms with Gasteiger partial charge in [0.25, 0.3) is 0 Å². The Labute approximate surface area is 253 Å². The molecule has 1 aliphatic carbocycles. The number of ether oxygens (including phenoxy) is 1. The maximum Gasteiger partial charge on any atom is 0.327 e. The first-order chi connectivity index (χ1) is 21.0. The highest BCUT2D eigenvalue weighted by Gasteiger charge is 2.45. The van der Waals surface area contributed by atoms with Crippen molar-refractivity contribution in [3.05, 3.63) is 100 Å². The second-order valence-electron chi connectivity index (χ2n) is 11.3. The van der Waals surface area contributed by atoms with Crippen molar-refractivity contribution < 1.29 is 24.2 Å². The van der Waals surface area contributed by atoms with Gasteiger partial charge in [-0.25, -0.2) is 9.78 Å². The zero-order valence-corrected chi connectivity index (χ0v) is 25.2. The maximum atomic E-state index is 14.0. The zero-order chi connectivity index (χ0) is 31.6. The minimum atomic E-state index is -1.24. The van der Waals surface area contributed by atoms with Crippen LogP contribution in [0.25, 0.3) is 39.3 Å². The maximum absolute atomic E-state index is 14.0. The number of allylic oxidation sites excluding steroid dienone is 4. The van der Waals surface area contributed by atoms with Crippen LogP contribution in [-0.4, -0.2) is 49.9 Å². The van der Waals surface area contributed by atoms with Crippen molar-refractivity contribution in [2.75, 3.05) is 7.11 Å². The average Bonchev–Trinajstić information content (AvgIpc) is 3.72. The number of hydrogen-bond donors (Lipinski definition) is 3. The quantitative estimate of drug-likeness (QED) is 0.172. The second kappa shape index (κ2) is 10.4. The average molecular weight is 589 g/mol. The number of carboxylic acid groups (broad SMARTS) is 1. The van der Waals surface area contributed by atoms with E-state index in [2.05, 4.69) is 23.1 Å². The van der Waals surface area contributed by atoms with E-state index in [1.54, 1.807) is 18.2 Å². The number of aliphatic carboxylic acids is 1. The molecule has 0 amide bonds. The molecule has 3 aromatic rings. The molecule has 9 nitrogen and oxygen atoms in total. The van der Waals surface area contributed by atoms with Crippen LogP contribution < -0.4 is 0 Å². The highest BCUT2D eigenvalue weighted by Crippen LogP contribution is 2.47. The van der Waals surface area contributed by atoms with Gasteiger partial charge < -0.3 is 19.8 Å². The van der Waals surface area contributed by atoms with Crippen LogP contribution in [-0.2, 0) is 14.3 Å². The molecule has 0 fully saturated rings. The molecule has 0 saturated carbocycles. The van der Waals surface area contributed by atoms with Crippen LogP contribution in [0.1, 0.15) is 87.0 Å². The number of Topliss-reactive ketones (excluding diaryl/α,β-unsaturated/α-hetero) is 1. The number of fused-ring (bicyclic) bond motifs is 8. The van der Waals surface area contributed by atoms with Gasteiger partial charge in [-0.2, -0.15) is 0 Å². The van der Waals surface area contributed by atoms with E-state index in [9.17, 15) is 19.5 Å². The molecule has 0 saturated heterocycles. The molecule has 3 N–H and O–H groups in total. The molecule has 0 unspecified atom stereocenters. The van der Waals surface area contributed by atoms with Crippen LogP contribution in [0.15, 0.2) is 49.6 Å². The SMILES string of the molecule is C=CC1=C(C)c2cc3[nH]c(cc4nc(c5c6[nH]c(cc1n2)c(C)c6C(=O)[C@@H]5C(=O)OC)[C@@H](/C=C\C(=O)O)[C@@H]4C)c(C)c3C=C. The van der Waals surface area contributed by atoms with Gasteiger partial charge in [-0.3, -0.25) is 14.6 Å². The number of ketones is 1. The van der Waals surface area contributed by atoms with Crippen molar-refractivity contribution in [1.29, 1.82) is 0 Å². The third-order valence-corrected chi connectivity index (χ3v) is 9.02. The Morgan fingerprint density at radius 3 is 2.34 bits per heavy atom. The highest BCUT2D eigenvalue weighted by atomic mass is 16.5. The molecule has 0 radical (unpaired) electrons. The van der Waals surface area contributed by atoms with Gasteiger partial charge in [0.15, 0.2) is 5.78 Å². The number of aryl methyl sites for hydroxylation is 2. The third-order valence-electron chi connectivity index (χ3n) is 9.02. The Kier molecular flexibility index (Phi) is 6.84. The number of carbonyl (C=O) groups excluding carboxylic acids is 2. The number of methoxy groups -OCH3 is 1. The van der Waals surface area contributed by atoms with Crippen LogP contribution >= 0.6 is 0 Å². The van der Waals surface area contributed by atoms with Gasteiger partial charge in [-0.15, -0.1) is 0 Å². The summed E-state index contributed by atoms with van der Waals surface area (Å²) in [7, 11) is 1.24. The molecule has 0 aromatic carbocycles. The number of aromatic nitrogens is 4. The number of hydrogen-bond acceptors (Lipinski definition) is 6. The Hall–Kier alpha value is -5.31. The van der Waals surface area contributed by atoms with Gasteiger partial charge in [0.1, 0.15) is 5.92 Å². The topological polar surface area (TPSA) is 138 Å². The summed E-state index contributed by atoms with van der Waals surface area (Å²) in [6, 6.07) is 5.80. The first-order valence-corrected chi connectivity index (χ1v) is 14.3. The molecule has 3 atom stereocenters. The number of aromatic amines is 2. The van der Waals surface area contributed by atoms with Crippen molar-refractivity contribution in [2.24, 2.45) is 0 Å². The van der Waals surface area contributed by atoms with Gasteiger partial charge in [-0.05, 0) is 55.7 Å². The summed E-state index contributed by atoms with van der Waals surface area (Å²) in [6.07, 6.45) is 6.20. The Balaban J connectivity index is 1.85. The Morgan fingerprint density at radius 1 is 0.977 bits per heavy atom. The van der Waals surface area contributed by atoms with Crippen molar-refractivity contribution in [1.82, 2.24) is 19.9 Å². The van der Waals surface area contributed by atoms with E-state index in [-0.39, 0.29) is 5.92 Å². The van der Waals surface area contributed by atoms with Crippen molar-refractivity contribution in [2.45, 2.75) is 45.4 Å². The summed E-state index contributed by atoms with van der Waals surface area (Å²) < 4.78 is 5.10. The van der Waals surface area contributed by atoms with Crippen LogP contribution in [0.5, 0.6) is 0 Å². The van der Waals surface area contributed by atoms with Crippen LogP contribution in [0, 0.1) is 13.8 Å². The molecular formula is C35H32N4O5. The molecule has 9 heteroatoms. The minimum absolute atomic E-state index is 0.276. The number of rotatable bonds is 5. The molecule has 8 bridgehead atoms. The summed E-state index contributed by atoms with van der Waals surface area (Å²) in [6.45, 7) is 15.8. The summed E-state index contributed by atoms with van der Waals surface area (Å²) in [5, 5.41) is 9.50. The predicted molar refractivity (Wildman–Crippen MR) is 170 cm³/mol. The standard InChI is InChI=1S/C35H32N4O5/c1-8-19-15(3)22-12-24-17(5)21(10-11-28(40)41)32(38-24)30-31(35(43)44-7)34(42)29-18(6)25(39-33(29)30)14-27-20(9-2)16(4)23(37-27)13-26(19)36-22/h8-14,17,21,31,36,39H,1-2H2,3-7H3,(H,40,41)/b11-10-,22-12?,23-13?,24-12?,25-14?,26-13?,27-14?,32-30?/t17-,21-,31+/m0/s1. The molecule has 0 spiro atoms. The molecule has 5 heterocycles. The summed E-state index contributed by atoms with van der Waals surface area (Å²) in [5.41, 5.74) is 10.5. The van der Waals surface area contributed by atoms with E-state index >= 15 is 0 Å². The monoisotopic (exact) mass is 588 g/mol. The number of nitrogens with zero attached hydrogens (tertiary/aromatic N) is 2. The van der Waals surface area contributed by atoms with E-state index in [0.29, 0.717) is 44.8 Å². The van der Waals surface area contributed by atoms with E-state index in [0.717, 1.165) is 45.1 Å². The Morgan fingerprint density at radius 2 is 1.68 bits per heavy atom. The largest absolute Gasteiger partial charge is 0.478 e. The van der Waals surface area contributed by atoms with Gasteiger partial charge in [-0.1, -0.05) is 38.3 Å². The fourth-order valence-corrected chi connectivity index (χ4v) is 6.60. The number of carboxylic acids is 1. The first-order valence-electron chi connectivity index (χ1n) is 14.3. The lowest BCUT2D eigenvalue weighted by molar-refractivity contribution is -0.141. The van der Waals surface area contributed by atoms with Crippen LogP contribution in [0.3, 0.4) is 0 Å². The number of esters is 1. The molecule has 6 rings (SSSR count). The third kappa shape index (κ3) is 4.18. The normalized spacial score (nSPS) is 19.1. The van der Waals surface area contributed by atoms with Gasteiger partial charge in [0.2, 0.25) is 0 Å².